The van der Waals surface area contributed by atoms with Crippen LogP contribution in [0.3, 0.4) is 0 Å². The van der Waals surface area contributed by atoms with E-state index >= 15 is 0 Å². The van der Waals surface area contributed by atoms with Crippen LogP contribution >= 0.6 is 0 Å². The lowest BCUT2D eigenvalue weighted by Gasteiger charge is -2.20. The second kappa shape index (κ2) is 8.04. The van der Waals surface area contributed by atoms with Crippen LogP contribution in [0.5, 0.6) is 0 Å². The average Bonchev–Trinajstić information content (AvgIpc) is 2.55. The predicted octanol–water partition coefficient (Wildman–Crippen LogP) is 3.88. The molecule has 2 amide bonds. The van der Waals surface area contributed by atoms with E-state index in [1.165, 1.54) is 5.56 Å². The van der Waals surface area contributed by atoms with Gasteiger partial charge in [-0.25, -0.2) is 0 Å². The lowest BCUT2D eigenvalue weighted by Crippen LogP contribution is -2.40. The van der Waals surface area contributed by atoms with E-state index in [2.05, 4.69) is 16.0 Å². The van der Waals surface area contributed by atoms with E-state index in [1.807, 2.05) is 58.9 Å². The minimum Gasteiger partial charge on any atom is -0.376 e. The summed E-state index contributed by atoms with van der Waals surface area (Å²) in [5.74, 6) is -0.279. The zero-order valence-electron chi connectivity index (χ0n) is 16.1. The van der Waals surface area contributed by atoms with Crippen LogP contribution < -0.4 is 16.0 Å². The fourth-order valence-corrected chi connectivity index (χ4v) is 2.39. The van der Waals surface area contributed by atoms with Crippen molar-refractivity contribution in [2.75, 3.05) is 17.2 Å². The molecule has 0 spiro atoms. The number of amides is 2. The maximum atomic E-state index is 12.2. The Morgan fingerprint density at radius 2 is 1.65 bits per heavy atom. The Kier molecular flexibility index (Phi) is 6.03. The van der Waals surface area contributed by atoms with Gasteiger partial charge in [-0.05, 0) is 76.1 Å². The maximum absolute atomic E-state index is 12.2. The monoisotopic (exact) mass is 353 g/mol. The van der Waals surface area contributed by atoms with Crippen molar-refractivity contribution < 1.29 is 9.59 Å². The quantitative estimate of drug-likeness (QED) is 0.764. The van der Waals surface area contributed by atoms with E-state index in [0.29, 0.717) is 5.56 Å². The summed E-state index contributed by atoms with van der Waals surface area (Å²) in [6.45, 7) is 9.97. The molecule has 0 heterocycles. The normalized spacial score (nSPS) is 11.0. The summed E-state index contributed by atoms with van der Waals surface area (Å²) in [7, 11) is 0. The van der Waals surface area contributed by atoms with Crippen LogP contribution in [0.4, 0.5) is 11.4 Å². The molecule has 26 heavy (non-hydrogen) atoms. The highest BCUT2D eigenvalue weighted by atomic mass is 16.2. The van der Waals surface area contributed by atoms with Gasteiger partial charge in [0.2, 0.25) is 5.91 Å². The van der Waals surface area contributed by atoms with E-state index in [1.54, 1.807) is 18.2 Å². The molecule has 3 N–H and O–H groups in total. The predicted molar refractivity (Wildman–Crippen MR) is 107 cm³/mol. The van der Waals surface area contributed by atoms with Gasteiger partial charge in [0.25, 0.3) is 5.91 Å². The highest BCUT2D eigenvalue weighted by Gasteiger charge is 2.15. The second-order valence-electron chi connectivity index (χ2n) is 7.49. The van der Waals surface area contributed by atoms with Gasteiger partial charge in [-0.3, -0.25) is 9.59 Å². The van der Waals surface area contributed by atoms with Crippen molar-refractivity contribution in [3.63, 3.8) is 0 Å². The number of benzene rings is 2. The van der Waals surface area contributed by atoms with Gasteiger partial charge in [0.05, 0.1) is 6.54 Å². The molecule has 2 aromatic rings. The van der Waals surface area contributed by atoms with Crippen LogP contribution in [0.25, 0.3) is 0 Å². The third-order valence-electron chi connectivity index (χ3n) is 3.86. The van der Waals surface area contributed by atoms with Gasteiger partial charge >= 0.3 is 0 Å². The van der Waals surface area contributed by atoms with Crippen LogP contribution in [-0.4, -0.2) is 23.9 Å². The summed E-state index contributed by atoms with van der Waals surface area (Å²) in [6.07, 6.45) is 0. The van der Waals surface area contributed by atoms with E-state index in [-0.39, 0.29) is 23.9 Å². The molecule has 0 saturated carbocycles. The number of hydrogen-bond donors (Lipinski definition) is 3. The molecule has 138 valence electrons. The minimum atomic E-state index is -0.299. The van der Waals surface area contributed by atoms with Crippen molar-refractivity contribution in [2.24, 2.45) is 0 Å². The molecule has 0 radical (unpaired) electrons. The molecule has 0 aromatic heterocycles. The van der Waals surface area contributed by atoms with E-state index in [9.17, 15) is 9.59 Å². The first-order valence-corrected chi connectivity index (χ1v) is 8.67. The molecule has 2 rings (SSSR count). The van der Waals surface area contributed by atoms with Crippen molar-refractivity contribution in [3.8, 4) is 0 Å². The number of rotatable bonds is 5. The Bertz CT molecular complexity index is 807. The molecule has 0 aliphatic carbocycles. The molecule has 0 atom stereocenters. The molecule has 0 aliphatic heterocycles. The molecule has 0 unspecified atom stereocenters. The Morgan fingerprint density at radius 3 is 2.31 bits per heavy atom. The molecule has 5 heteroatoms. The van der Waals surface area contributed by atoms with Gasteiger partial charge < -0.3 is 16.0 Å². The van der Waals surface area contributed by atoms with Crippen LogP contribution in [-0.2, 0) is 4.79 Å². The number of aryl methyl sites for hydroxylation is 2. The van der Waals surface area contributed by atoms with Gasteiger partial charge in [-0.15, -0.1) is 0 Å². The molecule has 2 aromatic carbocycles. The van der Waals surface area contributed by atoms with Crippen molar-refractivity contribution in [1.29, 1.82) is 0 Å². The summed E-state index contributed by atoms with van der Waals surface area (Å²) >= 11 is 0. The Hall–Kier alpha value is -2.82. The highest BCUT2D eigenvalue weighted by Crippen LogP contribution is 2.15. The molecule has 5 nitrogen and oxygen atoms in total. The van der Waals surface area contributed by atoms with Crippen molar-refractivity contribution in [1.82, 2.24) is 5.32 Å². The Labute approximate surface area is 155 Å². The maximum Gasteiger partial charge on any atom is 0.251 e. The largest absolute Gasteiger partial charge is 0.376 e. The number of carbonyl (C=O) groups is 2. The minimum absolute atomic E-state index is 0.122. The third-order valence-corrected chi connectivity index (χ3v) is 3.86. The van der Waals surface area contributed by atoms with Crippen LogP contribution in [0, 0.1) is 13.8 Å². The lowest BCUT2D eigenvalue weighted by molar-refractivity contribution is -0.114. The number of hydrogen-bond acceptors (Lipinski definition) is 3. The summed E-state index contributed by atoms with van der Waals surface area (Å²) in [4.78, 5) is 24.4. The van der Waals surface area contributed by atoms with Crippen molar-refractivity contribution >= 4 is 23.2 Å². The van der Waals surface area contributed by atoms with Crippen molar-refractivity contribution in [2.45, 2.75) is 40.2 Å². The van der Waals surface area contributed by atoms with Gasteiger partial charge in [-0.1, -0.05) is 12.1 Å². The molecule has 0 bridgehead atoms. The number of nitrogens with one attached hydrogen (secondary N) is 3. The average molecular weight is 353 g/mol. The highest BCUT2D eigenvalue weighted by molar-refractivity contribution is 5.96. The van der Waals surface area contributed by atoms with Crippen molar-refractivity contribution in [3.05, 3.63) is 59.2 Å². The van der Waals surface area contributed by atoms with Gasteiger partial charge in [0.1, 0.15) is 0 Å². The van der Waals surface area contributed by atoms with E-state index < -0.39 is 0 Å². The molecular formula is C21H27N3O2. The smallest absolute Gasteiger partial charge is 0.251 e. The first-order chi connectivity index (χ1) is 12.1. The lowest BCUT2D eigenvalue weighted by atomic mass is 10.1. The summed E-state index contributed by atoms with van der Waals surface area (Å²) in [5, 5.41) is 8.85. The Morgan fingerprint density at radius 1 is 0.923 bits per heavy atom. The fourth-order valence-electron chi connectivity index (χ4n) is 2.39. The molecule has 0 fully saturated rings. The number of anilines is 2. The molecule has 0 aliphatic rings. The molecular weight excluding hydrogens is 326 g/mol. The first kappa shape index (κ1) is 19.5. The number of carbonyl (C=O) groups excluding carboxylic acids is 2. The Balaban J connectivity index is 1.94. The zero-order chi connectivity index (χ0) is 19.3. The molecule has 0 saturated heterocycles. The standard InChI is InChI=1S/C21H27N3O2/c1-14-9-10-18(11-15(14)2)23-19(25)13-22-17-8-6-7-16(12-17)20(26)24-21(3,4)5/h6-12,22H,13H2,1-5H3,(H,23,25)(H,24,26). The SMILES string of the molecule is Cc1ccc(NC(=O)CNc2cccc(C(=O)NC(C)(C)C)c2)cc1C. The summed E-state index contributed by atoms with van der Waals surface area (Å²) < 4.78 is 0. The van der Waals surface area contributed by atoms with Gasteiger partial charge in [0, 0.05) is 22.5 Å². The van der Waals surface area contributed by atoms with Crippen LogP contribution in [0.15, 0.2) is 42.5 Å². The zero-order valence-corrected chi connectivity index (χ0v) is 16.1. The van der Waals surface area contributed by atoms with Crippen LogP contribution in [0.1, 0.15) is 42.3 Å². The first-order valence-electron chi connectivity index (χ1n) is 8.67. The van der Waals surface area contributed by atoms with E-state index in [0.717, 1.165) is 16.9 Å². The second-order valence-corrected chi connectivity index (χ2v) is 7.49. The third kappa shape index (κ3) is 5.92. The summed E-state index contributed by atoms with van der Waals surface area (Å²) in [5.41, 5.74) is 4.08. The van der Waals surface area contributed by atoms with Gasteiger partial charge in [-0.2, -0.15) is 0 Å². The van der Waals surface area contributed by atoms with E-state index in [4.69, 9.17) is 0 Å². The van der Waals surface area contributed by atoms with Gasteiger partial charge in [0.15, 0.2) is 0 Å². The fraction of sp³-hybridized carbons (Fsp3) is 0.333. The summed E-state index contributed by atoms with van der Waals surface area (Å²) in [6, 6.07) is 12.9. The van der Waals surface area contributed by atoms with Crippen LogP contribution in [0.2, 0.25) is 0 Å². The topological polar surface area (TPSA) is 70.2 Å².